The SMILES string of the molecule is O=C(NCc1cc(O)ccc1F)c1cn(CCC(F)Cn2cc(C(=O)NCc3cc(C(F)(F)F)ccn3)nn2)nn1. The lowest BCUT2D eigenvalue weighted by Crippen LogP contribution is -2.24. The molecule has 0 radical (unpaired) electrons. The number of benzene rings is 1. The molecule has 3 aromatic heterocycles. The van der Waals surface area contributed by atoms with Crippen molar-refractivity contribution >= 4 is 11.8 Å². The van der Waals surface area contributed by atoms with Crippen LogP contribution in [0, 0.1) is 5.82 Å². The lowest BCUT2D eigenvalue weighted by Gasteiger charge is -2.08. The lowest BCUT2D eigenvalue weighted by molar-refractivity contribution is -0.137. The van der Waals surface area contributed by atoms with Gasteiger partial charge in [0.1, 0.15) is 17.7 Å². The van der Waals surface area contributed by atoms with Gasteiger partial charge in [0.2, 0.25) is 0 Å². The maximum atomic E-state index is 14.5. The molecule has 0 fully saturated rings. The number of aromatic hydroxyl groups is 1. The summed E-state index contributed by atoms with van der Waals surface area (Å²) in [5.41, 5.74) is -1.07. The zero-order valence-corrected chi connectivity index (χ0v) is 21.0. The molecule has 4 aromatic rings. The van der Waals surface area contributed by atoms with Gasteiger partial charge in [-0.3, -0.25) is 19.3 Å². The fraction of sp³-hybridized carbons (Fsp3) is 0.292. The van der Waals surface area contributed by atoms with E-state index < -0.39 is 35.5 Å². The van der Waals surface area contributed by atoms with Gasteiger partial charge >= 0.3 is 6.18 Å². The molecule has 17 heteroatoms. The number of hydrogen-bond acceptors (Lipinski definition) is 8. The predicted molar refractivity (Wildman–Crippen MR) is 129 cm³/mol. The molecular formula is C24H22F5N9O3. The summed E-state index contributed by atoms with van der Waals surface area (Å²) in [6, 6.07) is 5.05. The van der Waals surface area contributed by atoms with E-state index in [2.05, 4.69) is 36.2 Å². The number of aryl methyl sites for hydroxylation is 1. The number of aromatic nitrogens is 7. The molecule has 2 amide bonds. The van der Waals surface area contributed by atoms with Gasteiger partial charge in [-0.1, -0.05) is 10.4 Å². The van der Waals surface area contributed by atoms with Crippen molar-refractivity contribution in [2.45, 2.75) is 44.9 Å². The van der Waals surface area contributed by atoms with Gasteiger partial charge in [-0.15, -0.1) is 10.2 Å². The summed E-state index contributed by atoms with van der Waals surface area (Å²) >= 11 is 0. The second-order valence-electron chi connectivity index (χ2n) is 8.75. The predicted octanol–water partition coefficient (Wildman–Crippen LogP) is 2.42. The first-order valence-corrected chi connectivity index (χ1v) is 12.0. The van der Waals surface area contributed by atoms with E-state index in [9.17, 15) is 36.6 Å². The van der Waals surface area contributed by atoms with Crippen molar-refractivity contribution in [1.82, 2.24) is 45.6 Å². The van der Waals surface area contributed by atoms with Gasteiger partial charge < -0.3 is 15.7 Å². The average Bonchev–Trinajstić information content (AvgIpc) is 3.61. The van der Waals surface area contributed by atoms with Gasteiger partial charge in [-0.05, 0) is 30.3 Å². The van der Waals surface area contributed by atoms with Crippen LogP contribution in [0.1, 0.15) is 44.2 Å². The first-order valence-electron chi connectivity index (χ1n) is 12.0. The first kappa shape index (κ1) is 29.0. The van der Waals surface area contributed by atoms with E-state index in [1.807, 2.05) is 0 Å². The zero-order valence-electron chi connectivity index (χ0n) is 21.0. The maximum Gasteiger partial charge on any atom is 0.416 e. The van der Waals surface area contributed by atoms with Crippen LogP contribution in [0.2, 0.25) is 0 Å². The quantitative estimate of drug-likeness (QED) is 0.229. The highest BCUT2D eigenvalue weighted by molar-refractivity contribution is 5.92. The van der Waals surface area contributed by atoms with E-state index in [4.69, 9.17) is 0 Å². The normalized spacial score (nSPS) is 12.2. The smallest absolute Gasteiger partial charge is 0.416 e. The summed E-state index contributed by atoms with van der Waals surface area (Å²) in [7, 11) is 0. The largest absolute Gasteiger partial charge is 0.508 e. The van der Waals surface area contributed by atoms with Gasteiger partial charge in [0.25, 0.3) is 11.8 Å². The highest BCUT2D eigenvalue weighted by Gasteiger charge is 2.30. The molecule has 4 rings (SSSR count). The minimum atomic E-state index is -4.55. The van der Waals surface area contributed by atoms with Gasteiger partial charge in [-0.2, -0.15) is 13.2 Å². The van der Waals surface area contributed by atoms with E-state index in [1.54, 1.807) is 0 Å². The summed E-state index contributed by atoms with van der Waals surface area (Å²) in [6.07, 6.45) is -2.58. The highest BCUT2D eigenvalue weighted by Crippen LogP contribution is 2.29. The summed E-state index contributed by atoms with van der Waals surface area (Å²) in [5.74, 6) is -2.13. The number of nitrogens with one attached hydrogen (secondary N) is 2. The molecule has 12 nitrogen and oxygen atoms in total. The number of nitrogens with zero attached hydrogens (tertiary/aromatic N) is 7. The number of phenols is 1. The van der Waals surface area contributed by atoms with Crippen LogP contribution in [0.15, 0.2) is 48.9 Å². The minimum absolute atomic E-state index is 0.0106. The fourth-order valence-corrected chi connectivity index (χ4v) is 3.55. The van der Waals surface area contributed by atoms with E-state index in [0.29, 0.717) is 0 Å². The number of halogens is 5. The van der Waals surface area contributed by atoms with Crippen molar-refractivity contribution in [2.75, 3.05) is 0 Å². The van der Waals surface area contributed by atoms with E-state index in [1.165, 1.54) is 29.2 Å². The Hall–Kier alpha value is -4.96. The van der Waals surface area contributed by atoms with E-state index in [0.717, 1.165) is 29.1 Å². The van der Waals surface area contributed by atoms with Crippen LogP contribution in [0.4, 0.5) is 22.0 Å². The molecule has 3 N–H and O–H groups in total. The van der Waals surface area contributed by atoms with Crippen LogP contribution >= 0.6 is 0 Å². The molecule has 0 saturated carbocycles. The Labute approximate surface area is 228 Å². The first-order chi connectivity index (χ1) is 19.5. The third-order valence-corrected chi connectivity index (χ3v) is 5.64. The Balaban J connectivity index is 1.22. The molecule has 0 bridgehead atoms. The van der Waals surface area contributed by atoms with E-state index >= 15 is 0 Å². The van der Waals surface area contributed by atoms with Crippen LogP contribution in [0.5, 0.6) is 5.75 Å². The molecule has 216 valence electrons. The second-order valence-corrected chi connectivity index (χ2v) is 8.75. The summed E-state index contributed by atoms with van der Waals surface area (Å²) in [4.78, 5) is 28.3. The monoisotopic (exact) mass is 579 g/mol. The average molecular weight is 579 g/mol. The Kier molecular flexibility index (Phi) is 8.84. The highest BCUT2D eigenvalue weighted by atomic mass is 19.4. The molecule has 1 aromatic carbocycles. The van der Waals surface area contributed by atoms with Gasteiger partial charge in [0, 0.05) is 31.3 Å². The molecule has 41 heavy (non-hydrogen) atoms. The van der Waals surface area contributed by atoms with Crippen molar-refractivity contribution in [3.8, 4) is 5.75 Å². The van der Waals surface area contributed by atoms with Gasteiger partial charge in [-0.25, -0.2) is 13.5 Å². The number of carbonyl (C=O) groups excluding carboxylic acids is 2. The topological polar surface area (TPSA) is 153 Å². The third-order valence-electron chi connectivity index (χ3n) is 5.64. The summed E-state index contributed by atoms with van der Waals surface area (Å²) < 4.78 is 69.1. The molecule has 3 heterocycles. The number of phenolic OH excluding ortho intramolecular Hbond substituents is 1. The number of rotatable bonds is 11. The van der Waals surface area contributed by atoms with Crippen LogP contribution in [-0.2, 0) is 32.4 Å². The minimum Gasteiger partial charge on any atom is -0.508 e. The Morgan fingerprint density at radius 1 is 0.951 bits per heavy atom. The number of amides is 2. The van der Waals surface area contributed by atoms with Crippen LogP contribution < -0.4 is 10.6 Å². The maximum absolute atomic E-state index is 14.5. The molecule has 0 aliphatic rings. The van der Waals surface area contributed by atoms with Gasteiger partial charge in [0.15, 0.2) is 11.4 Å². The van der Waals surface area contributed by atoms with Crippen molar-refractivity contribution in [1.29, 1.82) is 0 Å². The molecule has 0 saturated heterocycles. The third kappa shape index (κ3) is 8.02. The Bertz CT molecular complexity index is 1520. The van der Waals surface area contributed by atoms with Crippen molar-refractivity contribution in [3.05, 3.63) is 82.9 Å². The molecule has 1 atom stereocenters. The standard InChI is InChI=1S/C24H22F5N9O3/c25-16(4-6-37-12-20(33-35-37)22(40)31-9-14-7-18(39)1-2-19(14)26)11-38-13-21(34-36-38)23(41)32-10-17-8-15(3-5-30-17)24(27,28)29/h1-3,5,7-8,12-13,16,39H,4,6,9-11H2,(H,31,40)(H,32,41). The number of pyridine rings is 1. The van der Waals surface area contributed by atoms with Crippen LogP contribution in [0.3, 0.4) is 0 Å². The van der Waals surface area contributed by atoms with Gasteiger partial charge in [0.05, 0.1) is 36.7 Å². The fourth-order valence-electron chi connectivity index (χ4n) is 3.55. The Morgan fingerprint density at radius 3 is 2.32 bits per heavy atom. The van der Waals surface area contributed by atoms with Crippen molar-refractivity contribution in [3.63, 3.8) is 0 Å². The van der Waals surface area contributed by atoms with Crippen LogP contribution in [-0.4, -0.2) is 58.1 Å². The molecule has 0 spiro atoms. The number of carbonyl (C=O) groups is 2. The lowest BCUT2D eigenvalue weighted by atomic mass is 10.2. The summed E-state index contributed by atoms with van der Waals surface area (Å²) in [6.45, 7) is -0.688. The molecule has 1 unspecified atom stereocenters. The Morgan fingerprint density at radius 2 is 1.61 bits per heavy atom. The molecule has 0 aliphatic carbocycles. The second kappa shape index (κ2) is 12.5. The van der Waals surface area contributed by atoms with Crippen molar-refractivity contribution < 1.29 is 36.6 Å². The van der Waals surface area contributed by atoms with Crippen LogP contribution in [0.25, 0.3) is 0 Å². The molecular weight excluding hydrogens is 557 g/mol. The van der Waals surface area contributed by atoms with E-state index in [-0.39, 0.29) is 61.0 Å². The summed E-state index contributed by atoms with van der Waals surface area (Å²) in [5, 5.41) is 29.1. The number of alkyl halides is 4. The zero-order chi connectivity index (χ0) is 29.6. The molecule has 0 aliphatic heterocycles. The number of hydrogen-bond donors (Lipinski definition) is 3. The van der Waals surface area contributed by atoms with Crippen molar-refractivity contribution in [2.24, 2.45) is 0 Å².